The van der Waals surface area contributed by atoms with Crippen LogP contribution < -0.4 is 5.32 Å². The van der Waals surface area contributed by atoms with E-state index in [1.54, 1.807) is 0 Å². The lowest BCUT2D eigenvalue weighted by atomic mass is 9.76. The molecule has 50 heavy (non-hydrogen) atoms. The van der Waals surface area contributed by atoms with Crippen LogP contribution in [0.15, 0.2) is 70.9 Å². The first-order valence-corrected chi connectivity index (χ1v) is 18.7. The van der Waals surface area contributed by atoms with Crippen LogP contribution in [0.5, 0.6) is 0 Å². The Morgan fingerprint density at radius 2 is 1.26 bits per heavy atom. The second-order valence-electron chi connectivity index (χ2n) is 17.3. The van der Waals surface area contributed by atoms with Crippen molar-refractivity contribution >= 4 is 23.6 Å². The molecule has 7 nitrogen and oxygen atoms in total. The largest absolute Gasteiger partial charge is 0.310 e. The summed E-state index contributed by atoms with van der Waals surface area (Å²) in [5, 5.41) is 3.48. The fraction of sp³-hybridized carbons (Fsp3) is 0.581. The zero-order chi connectivity index (χ0) is 36.5. The Labute approximate surface area is 300 Å². The molecule has 2 saturated heterocycles. The molecule has 5 unspecified atom stereocenters. The Morgan fingerprint density at radius 1 is 0.760 bits per heavy atom. The van der Waals surface area contributed by atoms with Crippen molar-refractivity contribution in [2.75, 3.05) is 13.1 Å². The van der Waals surface area contributed by atoms with E-state index >= 15 is 0 Å². The van der Waals surface area contributed by atoms with E-state index in [0.717, 1.165) is 24.1 Å². The number of hydrogen-bond acceptors (Lipinski definition) is 5. The first-order valence-electron chi connectivity index (χ1n) is 18.7. The van der Waals surface area contributed by atoms with Gasteiger partial charge in [0.2, 0.25) is 23.6 Å². The summed E-state index contributed by atoms with van der Waals surface area (Å²) < 4.78 is 0. The lowest BCUT2D eigenvalue weighted by Gasteiger charge is -2.26. The number of carbonyl (C=O) groups is 4. The summed E-state index contributed by atoms with van der Waals surface area (Å²) in [5.74, 6) is -1.28. The number of rotatable bonds is 11. The number of imide groups is 2. The number of nitrogens with zero attached hydrogens (tertiary/aromatic N) is 2. The van der Waals surface area contributed by atoms with Gasteiger partial charge in [0.25, 0.3) is 0 Å². The molecule has 5 atom stereocenters. The Hall–Kier alpha value is -3.58. The molecule has 1 N–H and O–H groups in total. The van der Waals surface area contributed by atoms with Crippen molar-refractivity contribution in [3.63, 3.8) is 0 Å². The summed E-state index contributed by atoms with van der Waals surface area (Å²) in [4.78, 5) is 57.0. The van der Waals surface area contributed by atoms with Crippen LogP contribution >= 0.6 is 0 Å². The Bertz CT molecular complexity index is 1630. The van der Waals surface area contributed by atoms with Gasteiger partial charge in [-0.25, -0.2) is 0 Å². The lowest BCUT2D eigenvalue weighted by Crippen LogP contribution is -2.31. The van der Waals surface area contributed by atoms with E-state index in [4.69, 9.17) is 0 Å². The van der Waals surface area contributed by atoms with Crippen molar-refractivity contribution in [3.05, 3.63) is 82.0 Å². The molecule has 7 heteroatoms. The molecule has 0 spiro atoms. The monoisotopic (exact) mass is 681 g/mol. The van der Waals surface area contributed by atoms with Gasteiger partial charge >= 0.3 is 0 Å². The fourth-order valence-electron chi connectivity index (χ4n) is 7.60. The van der Waals surface area contributed by atoms with Crippen LogP contribution in [0, 0.1) is 40.4 Å². The molecule has 4 amide bonds. The van der Waals surface area contributed by atoms with Crippen molar-refractivity contribution in [1.82, 2.24) is 15.1 Å². The molecule has 2 heterocycles. The predicted octanol–water partition coefficient (Wildman–Crippen LogP) is 7.93. The summed E-state index contributed by atoms with van der Waals surface area (Å²) in [5.41, 5.74) is 7.09. The van der Waals surface area contributed by atoms with Crippen LogP contribution in [0.2, 0.25) is 0 Å². The zero-order valence-electron chi connectivity index (χ0n) is 31.9. The molecule has 2 fully saturated rings. The Balaban J connectivity index is 1.16. The van der Waals surface area contributed by atoms with E-state index in [1.807, 2.05) is 24.3 Å². The van der Waals surface area contributed by atoms with Gasteiger partial charge in [-0.05, 0) is 73.8 Å². The molecule has 2 aliphatic carbocycles. The smallest absolute Gasteiger partial charge is 0.233 e. The van der Waals surface area contributed by atoms with Crippen LogP contribution in [-0.4, -0.2) is 46.5 Å². The van der Waals surface area contributed by atoms with Crippen molar-refractivity contribution < 1.29 is 19.2 Å². The number of likely N-dealkylation sites (tertiary alicyclic amines) is 2. The Morgan fingerprint density at radius 3 is 1.82 bits per heavy atom. The van der Waals surface area contributed by atoms with Gasteiger partial charge in [0.1, 0.15) is 0 Å². The Kier molecular flexibility index (Phi) is 11.3. The third-order valence-electron chi connectivity index (χ3n) is 11.9. The number of benzene rings is 1. The second-order valence-corrected chi connectivity index (χ2v) is 17.3. The number of allylic oxidation sites excluding steroid dienone is 6. The van der Waals surface area contributed by atoms with Crippen LogP contribution in [-0.2, 0) is 32.3 Å². The van der Waals surface area contributed by atoms with E-state index in [1.165, 1.54) is 32.1 Å². The number of amides is 4. The van der Waals surface area contributed by atoms with Crippen molar-refractivity contribution in [2.24, 2.45) is 40.4 Å². The highest BCUT2D eigenvalue weighted by Gasteiger charge is 2.49. The molecule has 0 radical (unpaired) electrons. The molecule has 5 rings (SSSR count). The van der Waals surface area contributed by atoms with E-state index < -0.39 is 0 Å². The second kappa shape index (κ2) is 15.0. The topological polar surface area (TPSA) is 86.8 Å². The standard InChI is InChI=1S/C43H59N3O4/c1-27(13-14-28(2)42(4,5)6)33-16-18-35-37(23-33)41(50)46(39(35)48)26-32-12-10-11-31(21-32)25-45-38(47)34-17-15-30(22-36(34)40(45)49)24-44-20-19-29(3)43(7,8)9/h10-12,14-16,19,21,27,34-37,44H,13,17-18,20,22-26H2,1-9H3/b28-14+,29-19+. The normalized spacial score (nSPS) is 25.5. The molecule has 1 aromatic carbocycles. The number of hydrogen-bond donors (Lipinski definition) is 1. The van der Waals surface area contributed by atoms with E-state index in [0.29, 0.717) is 38.1 Å². The van der Waals surface area contributed by atoms with Gasteiger partial charge in [0, 0.05) is 13.1 Å². The average Bonchev–Trinajstić information content (AvgIpc) is 3.44. The maximum atomic E-state index is 13.6. The summed E-state index contributed by atoms with van der Waals surface area (Å²) in [7, 11) is 0. The van der Waals surface area contributed by atoms with Crippen molar-refractivity contribution in [2.45, 2.75) is 108 Å². The maximum Gasteiger partial charge on any atom is 0.233 e. The fourth-order valence-corrected chi connectivity index (χ4v) is 7.60. The molecule has 0 bridgehead atoms. The molecular weight excluding hydrogens is 622 g/mol. The predicted molar refractivity (Wildman–Crippen MR) is 199 cm³/mol. The highest BCUT2D eigenvalue weighted by Crippen LogP contribution is 2.42. The van der Waals surface area contributed by atoms with Crippen LogP contribution in [0.1, 0.15) is 106 Å². The van der Waals surface area contributed by atoms with Crippen LogP contribution in [0.3, 0.4) is 0 Å². The molecule has 0 aromatic heterocycles. The third kappa shape index (κ3) is 8.30. The number of carbonyl (C=O) groups excluding carboxylic acids is 4. The van der Waals surface area contributed by atoms with Crippen LogP contribution in [0.25, 0.3) is 0 Å². The SMILES string of the molecule is C/C(=C\CNCC1=CCC2C(=O)N(Cc3cccc(CN4C(=O)C5CC=C(C(C)C/C=C(\C)C(C)(C)C)CC5C4=O)c3)C(=O)C2C1)C(C)(C)C. The molecule has 0 saturated carbocycles. The molecule has 4 aliphatic rings. The van der Waals surface area contributed by atoms with Gasteiger partial charge in [0.05, 0.1) is 36.8 Å². The van der Waals surface area contributed by atoms with E-state index in [9.17, 15) is 19.2 Å². The molecule has 1 aromatic rings. The van der Waals surface area contributed by atoms with Gasteiger partial charge in [-0.15, -0.1) is 0 Å². The maximum absolute atomic E-state index is 13.6. The summed E-state index contributed by atoms with van der Waals surface area (Å²) in [6.07, 6.45) is 12.2. The van der Waals surface area contributed by atoms with Gasteiger partial charge in [-0.3, -0.25) is 29.0 Å². The van der Waals surface area contributed by atoms with Gasteiger partial charge in [0.15, 0.2) is 0 Å². The van der Waals surface area contributed by atoms with Crippen molar-refractivity contribution in [3.8, 4) is 0 Å². The van der Waals surface area contributed by atoms with E-state index in [-0.39, 0.29) is 71.2 Å². The molecule has 2 aliphatic heterocycles. The van der Waals surface area contributed by atoms with Gasteiger partial charge in [-0.1, -0.05) is 119 Å². The summed E-state index contributed by atoms with van der Waals surface area (Å²) in [6, 6.07) is 7.64. The number of fused-ring (bicyclic) bond motifs is 2. The minimum absolute atomic E-state index is 0.0863. The van der Waals surface area contributed by atoms with E-state index in [2.05, 4.69) is 91.9 Å². The quantitative estimate of drug-likeness (QED) is 0.146. The third-order valence-corrected chi connectivity index (χ3v) is 11.9. The minimum atomic E-state index is -0.317. The average molecular weight is 682 g/mol. The van der Waals surface area contributed by atoms with Crippen LogP contribution in [0.4, 0.5) is 0 Å². The highest BCUT2D eigenvalue weighted by molar-refractivity contribution is 6.06. The zero-order valence-corrected chi connectivity index (χ0v) is 31.9. The minimum Gasteiger partial charge on any atom is -0.310 e. The van der Waals surface area contributed by atoms with Gasteiger partial charge in [-0.2, -0.15) is 0 Å². The van der Waals surface area contributed by atoms with Gasteiger partial charge < -0.3 is 5.32 Å². The lowest BCUT2D eigenvalue weighted by molar-refractivity contribution is -0.142. The van der Waals surface area contributed by atoms with Crippen molar-refractivity contribution in [1.29, 1.82) is 0 Å². The highest BCUT2D eigenvalue weighted by atomic mass is 16.2. The summed E-state index contributed by atoms with van der Waals surface area (Å²) >= 11 is 0. The molecular formula is C43H59N3O4. The number of nitrogens with one attached hydrogen (secondary N) is 1. The first-order chi connectivity index (χ1) is 23.5. The molecule has 270 valence electrons. The summed E-state index contributed by atoms with van der Waals surface area (Å²) in [6.45, 7) is 21.7. The first kappa shape index (κ1) is 37.7.